The molecule has 20 heavy (non-hydrogen) atoms. The van der Waals surface area contributed by atoms with Crippen molar-refractivity contribution in [3.8, 4) is 0 Å². The van der Waals surface area contributed by atoms with Crippen molar-refractivity contribution in [2.75, 3.05) is 0 Å². The van der Waals surface area contributed by atoms with Gasteiger partial charge >= 0.3 is 0 Å². The molecule has 0 spiro atoms. The van der Waals surface area contributed by atoms with Gasteiger partial charge in [-0.2, -0.15) is 0 Å². The van der Waals surface area contributed by atoms with Crippen molar-refractivity contribution in [2.45, 2.75) is 57.0 Å². The highest BCUT2D eigenvalue weighted by Gasteiger charge is 2.50. The van der Waals surface area contributed by atoms with Gasteiger partial charge in [0.2, 0.25) is 0 Å². The number of hydrogen-bond donors (Lipinski definition) is 1. The normalized spacial score (nSPS) is 40.5. The summed E-state index contributed by atoms with van der Waals surface area (Å²) in [5, 5.41) is 5.26. The number of nitrogens with zero attached hydrogens (tertiary/aromatic N) is 1. The number of allylic oxidation sites excluding steroid dienone is 1. The van der Waals surface area contributed by atoms with Crippen LogP contribution in [0, 0.1) is 17.8 Å². The van der Waals surface area contributed by atoms with Crippen LogP contribution in [-0.4, -0.2) is 10.5 Å². The predicted molar refractivity (Wildman–Crippen MR) is 82.6 cm³/mol. The minimum atomic E-state index is 0.473. The van der Waals surface area contributed by atoms with E-state index in [2.05, 4.69) is 17.5 Å². The van der Waals surface area contributed by atoms with E-state index in [0.717, 1.165) is 30.7 Å². The standard InChI is InChI=1S/C17H22N2S/c1-2-14-15(3-1)20-16(19-14)10-18-17-7-11-4-12(8-17)6-13(5-11)9-17/h1-2,11-13,18H,3-10H2. The van der Waals surface area contributed by atoms with Crippen LogP contribution in [0.3, 0.4) is 0 Å². The lowest BCUT2D eigenvalue weighted by Crippen LogP contribution is -2.58. The summed E-state index contributed by atoms with van der Waals surface area (Å²) in [6.45, 7) is 0.998. The second-order valence-electron chi connectivity index (χ2n) is 7.57. The lowest BCUT2D eigenvalue weighted by atomic mass is 9.53. The number of fused-ring (bicyclic) bond motifs is 1. The van der Waals surface area contributed by atoms with Crippen LogP contribution in [0.4, 0.5) is 0 Å². The van der Waals surface area contributed by atoms with Crippen LogP contribution in [-0.2, 0) is 13.0 Å². The van der Waals surface area contributed by atoms with Crippen LogP contribution in [0.5, 0.6) is 0 Å². The molecule has 1 aromatic heterocycles. The number of nitrogens with one attached hydrogen (secondary N) is 1. The molecule has 3 heteroatoms. The van der Waals surface area contributed by atoms with Crippen molar-refractivity contribution >= 4 is 17.4 Å². The maximum atomic E-state index is 4.78. The molecule has 0 radical (unpaired) electrons. The van der Waals surface area contributed by atoms with Gasteiger partial charge in [-0.05, 0) is 62.4 Å². The Labute approximate surface area is 124 Å². The fourth-order valence-corrected chi connectivity index (χ4v) is 6.60. The Morgan fingerprint density at radius 2 is 1.85 bits per heavy atom. The first kappa shape index (κ1) is 11.9. The van der Waals surface area contributed by atoms with Crippen LogP contribution < -0.4 is 5.32 Å². The zero-order chi connectivity index (χ0) is 13.2. The van der Waals surface area contributed by atoms with Crippen molar-refractivity contribution < 1.29 is 0 Å². The molecule has 4 saturated carbocycles. The van der Waals surface area contributed by atoms with Gasteiger partial charge in [0.05, 0.1) is 5.69 Å². The van der Waals surface area contributed by atoms with Gasteiger partial charge in [-0.25, -0.2) is 4.98 Å². The van der Waals surface area contributed by atoms with Gasteiger partial charge in [0.1, 0.15) is 5.01 Å². The highest BCUT2D eigenvalue weighted by molar-refractivity contribution is 7.11. The topological polar surface area (TPSA) is 24.9 Å². The Balaban J connectivity index is 1.32. The molecule has 0 amide bonds. The second-order valence-corrected chi connectivity index (χ2v) is 8.74. The summed E-state index contributed by atoms with van der Waals surface area (Å²) in [6, 6.07) is 0. The smallest absolute Gasteiger partial charge is 0.107 e. The van der Waals surface area contributed by atoms with Crippen LogP contribution in [0.15, 0.2) is 6.08 Å². The van der Waals surface area contributed by atoms with Crippen molar-refractivity contribution in [2.24, 2.45) is 17.8 Å². The first-order valence-corrected chi connectivity index (χ1v) is 9.00. The molecule has 0 aliphatic heterocycles. The van der Waals surface area contributed by atoms with Gasteiger partial charge in [-0.15, -0.1) is 11.3 Å². The van der Waals surface area contributed by atoms with Gasteiger partial charge in [0, 0.05) is 23.4 Å². The van der Waals surface area contributed by atoms with Crippen molar-refractivity contribution in [3.05, 3.63) is 21.7 Å². The SMILES string of the molecule is C1=Cc2nc(CNC34CC5CC(CC(C5)C3)C4)sc2C1. The molecule has 0 atom stereocenters. The van der Waals surface area contributed by atoms with Gasteiger partial charge in [-0.1, -0.05) is 6.08 Å². The van der Waals surface area contributed by atoms with E-state index >= 15 is 0 Å². The lowest BCUT2D eigenvalue weighted by Gasteiger charge is -2.57. The average molecular weight is 286 g/mol. The molecule has 5 aliphatic carbocycles. The van der Waals surface area contributed by atoms with Crippen LogP contribution in [0.25, 0.3) is 6.08 Å². The summed E-state index contributed by atoms with van der Waals surface area (Å²) < 4.78 is 0. The molecule has 6 rings (SSSR count). The van der Waals surface area contributed by atoms with E-state index in [4.69, 9.17) is 4.98 Å². The van der Waals surface area contributed by atoms with Crippen molar-refractivity contribution in [1.29, 1.82) is 0 Å². The number of hydrogen-bond acceptors (Lipinski definition) is 3. The second kappa shape index (κ2) is 4.17. The summed E-state index contributed by atoms with van der Waals surface area (Å²) in [5.41, 5.74) is 1.71. The number of thiazole rings is 1. The van der Waals surface area contributed by atoms with Crippen LogP contribution >= 0.6 is 11.3 Å². The molecular weight excluding hydrogens is 264 g/mol. The van der Waals surface area contributed by atoms with Crippen LogP contribution in [0.2, 0.25) is 0 Å². The molecule has 0 saturated heterocycles. The third-order valence-corrected chi connectivity index (χ3v) is 7.10. The van der Waals surface area contributed by atoms with Gasteiger partial charge in [0.25, 0.3) is 0 Å². The molecular formula is C17H22N2S. The average Bonchev–Trinajstić information content (AvgIpc) is 2.95. The fourth-order valence-electron chi connectivity index (χ4n) is 5.63. The minimum absolute atomic E-state index is 0.473. The van der Waals surface area contributed by atoms with Gasteiger partial charge in [0.15, 0.2) is 0 Å². The van der Waals surface area contributed by atoms with E-state index in [1.807, 2.05) is 11.3 Å². The van der Waals surface area contributed by atoms with Gasteiger partial charge in [-0.3, -0.25) is 0 Å². The summed E-state index contributed by atoms with van der Waals surface area (Å²) in [4.78, 5) is 6.24. The van der Waals surface area contributed by atoms with E-state index in [-0.39, 0.29) is 0 Å². The summed E-state index contributed by atoms with van der Waals surface area (Å²) in [6.07, 6.45) is 14.4. The Morgan fingerprint density at radius 3 is 2.50 bits per heavy atom. The quantitative estimate of drug-likeness (QED) is 0.915. The van der Waals surface area contributed by atoms with Crippen LogP contribution in [0.1, 0.15) is 54.1 Å². The Hall–Kier alpha value is -0.670. The highest BCUT2D eigenvalue weighted by Crippen LogP contribution is 2.55. The number of aromatic nitrogens is 1. The summed E-state index contributed by atoms with van der Waals surface area (Å²) in [7, 11) is 0. The zero-order valence-electron chi connectivity index (χ0n) is 11.9. The van der Waals surface area contributed by atoms with Crippen molar-refractivity contribution in [3.63, 3.8) is 0 Å². The number of rotatable bonds is 3. The Bertz CT molecular complexity index is 536. The molecule has 1 heterocycles. The molecule has 4 bridgehead atoms. The lowest BCUT2D eigenvalue weighted by molar-refractivity contribution is -0.0206. The third-order valence-electron chi connectivity index (χ3n) is 6.00. The van der Waals surface area contributed by atoms with E-state index < -0.39 is 0 Å². The molecule has 2 nitrogen and oxygen atoms in total. The maximum absolute atomic E-state index is 4.78. The summed E-state index contributed by atoms with van der Waals surface area (Å²) in [5.74, 6) is 3.08. The summed E-state index contributed by atoms with van der Waals surface area (Å²) >= 11 is 1.91. The molecule has 0 aromatic carbocycles. The Kier molecular flexibility index (Phi) is 2.49. The van der Waals surface area contributed by atoms with E-state index in [0.29, 0.717) is 5.54 Å². The minimum Gasteiger partial charge on any atom is -0.305 e. The predicted octanol–water partition coefficient (Wildman–Crippen LogP) is 3.77. The Morgan fingerprint density at radius 1 is 1.15 bits per heavy atom. The molecule has 1 aromatic rings. The van der Waals surface area contributed by atoms with E-state index in [1.54, 1.807) is 0 Å². The molecule has 1 N–H and O–H groups in total. The fraction of sp³-hybridized carbons (Fsp3) is 0.706. The van der Waals surface area contributed by atoms with E-state index in [1.165, 1.54) is 54.1 Å². The van der Waals surface area contributed by atoms with E-state index in [9.17, 15) is 0 Å². The van der Waals surface area contributed by atoms with Crippen molar-refractivity contribution in [1.82, 2.24) is 10.3 Å². The van der Waals surface area contributed by atoms with Gasteiger partial charge < -0.3 is 5.32 Å². The first-order chi connectivity index (χ1) is 9.78. The first-order valence-electron chi connectivity index (χ1n) is 8.18. The maximum Gasteiger partial charge on any atom is 0.107 e. The molecule has 5 aliphatic rings. The zero-order valence-corrected chi connectivity index (χ0v) is 12.7. The molecule has 106 valence electrons. The monoisotopic (exact) mass is 286 g/mol. The largest absolute Gasteiger partial charge is 0.305 e. The third kappa shape index (κ3) is 1.82. The highest BCUT2D eigenvalue weighted by atomic mass is 32.1. The molecule has 4 fully saturated rings. The molecule has 0 unspecified atom stereocenters.